The molecule has 0 aromatic rings. The SMILES string of the molecule is CC/C=C\C/C=C\C/C=C\C/C=C\C/C=C\CCCCCC(=O)OC[C@H](COP(=O)(O)OC[C@@H](O)COP(=O)(O)OC[C@@H](COC(=O)CCCCCCC/C=C\C/C=C\CCCCC)OC(=O)CCCCCCCCC/C=C\CCCCCC)OC(=O)CCCCC/C=C\C/C=C\C/C=C\C/C=C\C/C=C\CC. The number of phosphoric ester groups is 2. The van der Waals surface area contributed by atoms with Crippen LogP contribution in [0.25, 0.3) is 0 Å². The van der Waals surface area contributed by atoms with Crippen LogP contribution in [0, 0.1) is 0 Å². The van der Waals surface area contributed by atoms with E-state index < -0.39 is 97.5 Å². The number of aliphatic hydroxyl groups excluding tert-OH is 1. The Morgan fingerprint density at radius 3 is 0.778 bits per heavy atom. The lowest BCUT2D eigenvalue weighted by Gasteiger charge is -2.21. The van der Waals surface area contributed by atoms with E-state index in [-0.39, 0.29) is 25.7 Å². The van der Waals surface area contributed by atoms with E-state index in [1.165, 1.54) is 44.9 Å². The number of phosphoric acid groups is 2. The predicted octanol–water partition coefficient (Wildman–Crippen LogP) is 24.8. The van der Waals surface area contributed by atoms with Crippen molar-refractivity contribution in [2.45, 2.75) is 341 Å². The second kappa shape index (κ2) is 79.8. The van der Waals surface area contributed by atoms with Crippen LogP contribution < -0.4 is 0 Å². The Labute approximate surface area is 655 Å². The van der Waals surface area contributed by atoms with E-state index in [4.69, 9.17) is 37.0 Å². The fraction of sp³-hybridized carbons (Fsp3) is 0.663. The summed E-state index contributed by atoms with van der Waals surface area (Å²) in [6, 6.07) is 0. The van der Waals surface area contributed by atoms with Gasteiger partial charge in [-0.05, 0) is 173 Å². The average molecular weight is 1550 g/mol. The molecule has 0 aliphatic carbocycles. The van der Waals surface area contributed by atoms with Crippen LogP contribution >= 0.6 is 15.6 Å². The van der Waals surface area contributed by atoms with Crippen LogP contribution in [-0.2, 0) is 65.4 Å². The number of carbonyl (C=O) groups is 4. The normalized spacial score (nSPS) is 14.6. The molecule has 19 heteroatoms. The maximum Gasteiger partial charge on any atom is 0.472 e. The highest BCUT2D eigenvalue weighted by Crippen LogP contribution is 2.45. The van der Waals surface area contributed by atoms with Gasteiger partial charge in [0.25, 0.3) is 0 Å². The van der Waals surface area contributed by atoms with Gasteiger partial charge < -0.3 is 33.8 Å². The van der Waals surface area contributed by atoms with Crippen molar-refractivity contribution in [1.29, 1.82) is 0 Å². The molecule has 17 nitrogen and oxygen atoms in total. The largest absolute Gasteiger partial charge is 0.472 e. The van der Waals surface area contributed by atoms with Crippen molar-refractivity contribution in [3.05, 3.63) is 158 Å². The first-order valence-corrected chi connectivity index (χ1v) is 44.7. The van der Waals surface area contributed by atoms with E-state index in [0.717, 1.165) is 199 Å². The minimum atomic E-state index is -5.01. The van der Waals surface area contributed by atoms with Gasteiger partial charge in [0.2, 0.25) is 0 Å². The Morgan fingerprint density at radius 1 is 0.269 bits per heavy atom. The predicted molar refractivity (Wildman–Crippen MR) is 445 cm³/mol. The molecule has 108 heavy (non-hydrogen) atoms. The summed E-state index contributed by atoms with van der Waals surface area (Å²) in [5.41, 5.74) is 0. The van der Waals surface area contributed by atoms with Crippen LogP contribution in [0.3, 0.4) is 0 Å². The summed E-state index contributed by atoms with van der Waals surface area (Å²) in [6.45, 7) is 4.53. The molecule has 616 valence electrons. The number of carbonyl (C=O) groups excluding carboxylic acids is 4. The van der Waals surface area contributed by atoms with Crippen LogP contribution in [0.15, 0.2) is 158 Å². The van der Waals surface area contributed by atoms with Crippen LogP contribution in [0.4, 0.5) is 0 Å². The van der Waals surface area contributed by atoms with Crippen LogP contribution in [0.2, 0.25) is 0 Å². The van der Waals surface area contributed by atoms with Crippen molar-refractivity contribution >= 4 is 39.5 Å². The quantitative estimate of drug-likeness (QED) is 0.0169. The third-order valence-corrected chi connectivity index (χ3v) is 18.9. The molecule has 0 saturated heterocycles. The summed E-state index contributed by atoms with van der Waals surface area (Å²) in [5, 5.41) is 10.7. The van der Waals surface area contributed by atoms with E-state index in [1.54, 1.807) is 0 Å². The van der Waals surface area contributed by atoms with Gasteiger partial charge in [-0.25, -0.2) is 9.13 Å². The monoisotopic (exact) mass is 1550 g/mol. The first kappa shape index (κ1) is 103. The number of unbranched alkanes of at least 4 members (excludes halogenated alkanes) is 25. The molecule has 5 atom stereocenters. The summed E-state index contributed by atoms with van der Waals surface area (Å²) >= 11 is 0. The molecule has 0 spiro atoms. The lowest BCUT2D eigenvalue weighted by atomic mass is 10.1. The molecule has 0 aromatic heterocycles. The molecule has 3 N–H and O–H groups in total. The van der Waals surface area contributed by atoms with Crippen molar-refractivity contribution in [3.8, 4) is 0 Å². The van der Waals surface area contributed by atoms with Gasteiger partial charge in [0, 0.05) is 25.7 Å². The third-order valence-electron chi connectivity index (χ3n) is 17.0. The number of esters is 4. The fourth-order valence-electron chi connectivity index (χ4n) is 10.7. The highest BCUT2D eigenvalue weighted by molar-refractivity contribution is 7.47. The molecule has 2 unspecified atom stereocenters. The molecule has 0 radical (unpaired) electrons. The zero-order chi connectivity index (χ0) is 78.9. The molecule has 0 fully saturated rings. The van der Waals surface area contributed by atoms with E-state index in [1.807, 2.05) is 0 Å². The van der Waals surface area contributed by atoms with Crippen molar-refractivity contribution in [2.75, 3.05) is 39.6 Å². The molecule has 0 heterocycles. The number of aliphatic hydroxyl groups is 1. The number of hydrogen-bond acceptors (Lipinski definition) is 15. The van der Waals surface area contributed by atoms with E-state index >= 15 is 0 Å². The summed E-state index contributed by atoms with van der Waals surface area (Å²) < 4.78 is 68.7. The van der Waals surface area contributed by atoms with E-state index in [9.17, 15) is 43.2 Å². The highest BCUT2D eigenvalue weighted by atomic mass is 31.2. The average Bonchev–Trinajstić information content (AvgIpc) is 0.896. The first-order chi connectivity index (χ1) is 52.7. The zero-order valence-electron chi connectivity index (χ0n) is 67.5. The topological polar surface area (TPSA) is 237 Å². The highest BCUT2D eigenvalue weighted by Gasteiger charge is 2.30. The van der Waals surface area contributed by atoms with Crippen LogP contribution in [0.1, 0.15) is 323 Å². The van der Waals surface area contributed by atoms with Gasteiger partial charge in [0.1, 0.15) is 19.3 Å². The first-order valence-electron chi connectivity index (χ1n) is 41.7. The molecule has 0 aromatic carbocycles. The Kier molecular flexibility index (Phi) is 75.8. The lowest BCUT2D eigenvalue weighted by molar-refractivity contribution is -0.161. The van der Waals surface area contributed by atoms with Crippen molar-refractivity contribution in [1.82, 2.24) is 0 Å². The molecule has 0 bridgehead atoms. The molecular weight excluding hydrogens is 1400 g/mol. The third kappa shape index (κ3) is 78.8. The Hall–Kier alpha value is -5.32. The summed E-state index contributed by atoms with van der Waals surface area (Å²) in [6.07, 6.45) is 93.5. The van der Waals surface area contributed by atoms with Gasteiger partial charge >= 0.3 is 39.5 Å². The van der Waals surface area contributed by atoms with E-state index in [2.05, 4.69) is 186 Å². The number of hydrogen-bond donors (Lipinski definition) is 3. The maximum absolute atomic E-state index is 13.1. The van der Waals surface area contributed by atoms with Gasteiger partial charge in [-0.1, -0.05) is 282 Å². The van der Waals surface area contributed by atoms with Crippen LogP contribution in [-0.4, -0.2) is 96.7 Å². The Morgan fingerprint density at radius 2 is 0.481 bits per heavy atom. The zero-order valence-corrected chi connectivity index (χ0v) is 69.3. The van der Waals surface area contributed by atoms with E-state index in [0.29, 0.717) is 25.7 Å². The van der Waals surface area contributed by atoms with Crippen LogP contribution in [0.5, 0.6) is 0 Å². The Bertz CT molecular complexity index is 2660. The molecular formula is C89H148O17P2. The Balaban J connectivity index is 5.47. The summed E-state index contributed by atoms with van der Waals surface area (Å²) in [7, 11) is -10.00. The van der Waals surface area contributed by atoms with Gasteiger partial charge in [-0.15, -0.1) is 0 Å². The standard InChI is InChI=1S/C89H148O17P2/c1-5-9-13-17-21-25-29-33-37-39-41-43-47-50-54-58-62-66-70-74-87(92)100-80-85(106-89(94)76-72-68-64-60-56-52-48-44-42-40-38-34-30-26-22-18-14-10-6-2)82-104-108(97,98)102-78-83(90)77-101-107(95,96)103-81-84(105-88(93)75-71-67-63-59-55-51-46-36-32-28-24-20-16-12-8-4)79-99-86(91)73-69-65-61-57-53-49-45-35-31-27-23-19-15-11-7-3/h9-10,13-14,21-23,25-28,32-35,37-38,41-45,50,52,54,56,83-85,90H,5-8,11-12,15-20,24,29-31,36,39-40,46-49,51,53,55,57-82H2,1-4H3,(H,95,96)(H,97,98)/b13-9-,14-10-,25-21-,26-22-,27-23-,32-28-,37-33-,38-34-,43-41-,44-42-,45-35-,54-50-,56-52-/t83-,84+,85+/m0/s1. The second-order valence-electron chi connectivity index (χ2n) is 27.3. The lowest BCUT2D eigenvalue weighted by Crippen LogP contribution is -2.30. The smallest absolute Gasteiger partial charge is 0.462 e. The van der Waals surface area contributed by atoms with Gasteiger partial charge in [0.15, 0.2) is 12.2 Å². The van der Waals surface area contributed by atoms with Crippen molar-refractivity contribution in [2.24, 2.45) is 0 Å². The second-order valence-corrected chi connectivity index (χ2v) is 30.2. The summed E-state index contributed by atoms with van der Waals surface area (Å²) in [4.78, 5) is 73.2. The van der Waals surface area contributed by atoms with Crippen molar-refractivity contribution < 1.29 is 80.2 Å². The molecule has 0 saturated carbocycles. The van der Waals surface area contributed by atoms with Gasteiger partial charge in [0.05, 0.1) is 26.4 Å². The number of rotatable bonds is 77. The number of allylic oxidation sites excluding steroid dienone is 26. The van der Waals surface area contributed by atoms with Crippen molar-refractivity contribution in [3.63, 3.8) is 0 Å². The number of ether oxygens (including phenoxy) is 4. The molecule has 0 amide bonds. The molecule has 0 aliphatic heterocycles. The molecule has 0 rings (SSSR count). The van der Waals surface area contributed by atoms with Gasteiger partial charge in [-0.2, -0.15) is 0 Å². The maximum atomic E-state index is 13.1. The minimum absolute atomic E-state index is 0.0424. The summed E-state index contributed by atoms with van der Waals surface area (Å²) in [5.74, 6) is -2.27. The minimum Gasteiger partial charge on any atom is -0.462 e. The molecule has 0 aliphatic rings. The van der Waals surface area contributed by atoms with Gasteiger partial charge in [-0.3, -0.25) is 37.3 Å². The fourth-order valence-corrected chi connectivity index (χ4v) is 12.2.